The molecule has 1 atom stereocenters. The summed E-state index contributed by atoms with van der Waals surface area (Å²) >= 11 is 1.91. The van der Waals surface area contributed by atoms with Gasteiger partial charge >= 0.3 is 0 Å². The van der Waals surface area contributed by atoms with Gasteiger partial charge in [0.2, 0.25) is 10.0 Å². The number of nitrogens with one attached hydrogen (secondary N) is 1. The average molecular weight is 399 g/mol. The molecule has 8 heteroatoms. The molecule has 0 radical (unpaired) electrons. The van der Waals surface area contributed by atoms with Crippen LogP contribution in [0.15, 0.2) is 24.3 Å². The number of thioether (sulfide) groups is 1. The van der Waals surface area contributed by atoms with Crippen LogP contribution in [0.4, 0.5) is 5.69 Å². The van der Waals surface area contributed by atoms with Crippen molar-refractivity contribution in [1.29, 1.82) is 0 Å². The summed E-state index contributed by atoms with van der Waals surface area (Å²) in [7, 11) is -3.47. The molecule has 1 heterocycles. The number of ether oxygens (including phenoxy) is 1. The molecule has 1 aliphatic carbocycles. The highest BCUT2D eigenvalue weighted by molar-refractivity contribution is 7.99. The van der Waals surface area contributed by atoms with E-state index in [1.807, 2.05) is 11.8 Å². The van der Waals surface area contributed by atoms with Gasteiger partial charge in [0.1, 0.15) is 5.75 Å². The Kier molecular flexibility index (Phi) is 6.34. The van der Waals surface area contributed by atoms with Gasteiger partial charge < -0.3 is 10.1 Å². The minimum atomic E-state index is -3.47. The van der Waals surface area contributed by atoms with E-state index < -0.39 is 16.1 Å². The fourth-order valence-corrected chi connectivity index (χ4v) is 5.67. The van der Waals surface area contributed by atoms with Crippen LogP contribution in [-0.4, -0.2) is 50.3 Å². The first-order valence-electron chi connectivity index (χ1n) is 9.16. The topological polar surface area (TPSA) is 75.7 Å². The molecular formula is C18H26N2O4S2. The third kappa shape index (κ3) is 4.46. The largest absolute Gasteiger partial charge is 0.476 e. The zero-order valence-corrected chi connectivity index (χ0v) is 16.7. The lowest BCUT2D eigenvalue weighted by Gasteiger charge is -2.34. The number of hydrogen-bond acceptors (Lipinski definition) is 5. The molecule has 0 saturated heterocycles. The number of fused-ring (bicyclic) bond motifs is 1. The van der Waals surface area contributed by atoms with Gasteiger partial charge in [-0.3, -0.25) is 9.10 Å². The van der Waals surface area contributed by atoms with Crippen LogP contribution in [0.2, 0.25) is 0 Å². The predicted molar refractivity (Wildman–Crippen MR) is 105 cm³/mol. The average Bonchev–Trinajstić information content (AvgIpc) is 3.17. The number of carbonyl (C=O) groups excluding carboxylic acids is 1. The van der Waals surface area contributed by atoms with Crippen molar-refractivity contribution in [3.63, 3.8) is 0 Å². The maximum Gasteiger partial charge on any atom is 0.263 e. The first-order valence-corrected chi connectivity index (χ1v) is 11.8. The van der Waals surface area contributed by atoms with Crippen molar-refractivity contribution in [2.75, 3.05) is 28.9 Å². The summed E-state index contributed by atoms with van der Waals surface area (Å²) in [6, 6.07) is 6.94. The van der Waals surface area contributed by atoms with Gasteiger partial charge in [0, 0.05) is 17.5 Å². The quantitative estimate of drug-likeness (QED) is 0.714. The SMILES string of the molecule is CCS(=O)(=O)N1CC(C(=O)NCCSC2CCCC2)Oc2ccccc21. The van der Waals surface area contributed by atoms with E-state index in [-0.39, 0.29) is 18.2 Å². The summed E-state index contributed by atoms with van der Waals surface area (Å²) in [6.07, 6.45) is 4.32. The van der Waals surface area contributed by atoms with Crippen molar-refractivity contribution in [2.45, 2.75) is 44.0 Å². The van der Waals surface area contributed by atoms with Crippen molar-refractivity contribution >= 4 is 33.4 Å². The summed E-state index contributed by atoms with van der Waals surface area (Å²) in [4.78, 5) is 12.5. The van der Waals surface area contributed by atoms with Crippen LogP contribution in [-0.2, 0) is 14.8 Å². The third-order valence-electron chi connectivity index (χ3n) is 4.78. The van der Waals surface area contributed by atoms with Gasteiger partial charge in [-0.25, -0.2) is 8.42 Å². The maximum absolute atomic E-state index is 12.5. The van der Waals surface area contributed by atoms with Gasteiger partial charge in [0.25, 0.3) is 5.91 Å². The third-order valence-corrected chi connectivity index (χ3v) is 7.91. The van der Waals surface area contributed by atoms with Crippen LogP contribution in [0.1, 0.15) is 32.6 Å². The van der Waals surface area contributed by atoms with Gasteiger partial charge in [-0.1, -0.05) is 25.0 Å². The predicted octanol–water partition coefficient (Wildman–Crippen LogP) is 2.40. The summed E-state index contributed by atoms with van der Waals surface area (Å²) in [5.41, 5.74) is 0.496. The second kappa shape index (κ2) is 8.52. The fraction of sp³-hybridized carbons (Fsp3) is 0.611. The highest BCUT2D eigenvalue weighted by Crippen LogP contribution is 2.35. The summed E-state index contributed by atoms with van der Waals surface area (Å²) in [5.74, 6) is 1.02. The van der Waals surface area contributed by atoms with Crippen LogP contribution in [0, 0.1) is 0 Å². The minimum absolute atomic E-state index is 0.00872. The van der Waals surface area contributed by atoms with Crippen molar-refractivity contribution < 1.29 is 17.9 Å². The molecule has 0 spiro atoms. The van der Waals surface area contributed by atoms with Crippen LogP contribution in [0.5, 0.6) is 5.75 Å². The molecule has 144 valence electrons. The number of nitrogens with zero attached hydrogens (tertiary/aromatic N) is 1. The maximum atomic E-state index is 12.5. The molecule has 1 amide bonds. The van der Waals surface area contributed by atoms with Crippen LogP contribution >= 0.6 is 11.8 Å². The Morgan fingerprint density at radius 3 is 2.77 bits per heavy atom. The van der Waals surface area contributed by atoms with E-state index in [2.05, 4.69) is 5.32 Å². The Morgan fingerprint density at radius 2 is 2.04 bits per heavy atom. The number of sulfonamides is 1. The molecule has 1 aromatic carbocycles. The van der Waals surface area contributed by atoms with E-state index in [0.717, 1.165) is 11.0 Å². The lowest BCUT2D eigenvalue weighted by molar-refractivity contribution is -0.127. The van der Waals surface area contributed by atoms with E-state index in [4.69, 9.17) is 4.74 Å². The number of hydrogen-bond donors (Lipinski definition) is 1. The number of benzene rings is 1. The molecule has 3 rings (SSSR count). The van der Waals surface area contributed by atoms with Crippen molar-refractivity contribution in [3.05, 3.63) is 24.3 Å². The second-order valence-corrected chi connectivity index (χ2v) is 10.2. The number of para-hydroxylation sites is 2. The number of rotatable bonds is 7. The molecule has 26 heavy (non-hydrogen) atoms. The molecule has 6 nitrogen and oxygen atoms in total. The van der Waals surface area contributed by atoms with E-state index in [0.29, 0.717) is 18.0 Å². The first kappa shape index (κ1) is 19.4. The van der Waals surface area contributed by atoms with Gasteiger partial charge in [-0.05, 0) is 31.9 Å². The van der Waals surface area contributed by atoms with E-state index in [1.165, 1.54) is 30.0 Å². The zero-order valence-electron chi connectivity index (χ0n) is 15.0. The van der Waals surface area contributed by atoms with Crippen molar-refractivity contribution in [1.82, 2.24) is 5.32 Å². The number of anilines is 1. The molecule has 1 aliphatic heterocycles. The Hall–Kier alpha value is -1.41. The smallest absolute Gasteiger partial charge is 0.263 e. The van der Waals surface area contributed by atoms with Crippen LogP contribution in [0.3, 0.4) is 0 Å². The molecule has 0 bridgehead atoms. The standard InChI is InChI=1S/C18H26N2O4S2/c1-2-26(22,23)20-13-17(24-16-10-6-5-9-15(16)20)18(21)19-11-12-25-14-7-3-4-8-14/h5-6,9-10,14,17H,2-4,7-8,11-13H2,1H3,(H,19,21). The number of amides is 1. The molecule has 1 saturated carbocycles. The molecule has 2 aliphatic rings. The lowest BCUT2D eigenvalue weighted by atomic mass is 10.2. The van der Waals surface area contributed by atoms with E-state index in [9.17, 15) is 13.2 Å². The van der Waals surface area contributed by atoms with Gasteiger partial charge in [-0.2, -0.15) is 11.8 Å². The monoisotopic (exact) mass is 398 g/mol. The Morgan fingerprint density at radius 1 is 1.31 bits per heavy atom. The van der Waals surface area contributed by atoms with E-state index in [1.54, 1.807) is 31.2 Å². The zero-order chi connectivity index (χ0) is 18.6. The van der Waals surface area contributed by atoms with Crippen LogP contribution < -0.4 is 14.4 Å². The molecule has 0 aromatic heterocycles. The highest BCUT2D eigenvalue weighted by Gasteiger charge is 2.35. The molecule has 1 fully saturated rings. The normalized spacial score (nSPS) is 20.5. The van der Waals surface area contributed by atoms with Gasteiger partial charge in [0.05, 0.1) is 18.0 Å². The molecule has 1 aromatic rings. The molecular weight excluding hydrogens is 372 g/mol. The fourth-order valence-electron chi connectivity index (χ4n) is 3.33. The Labute approximate surface area is 159 Å². The summed E-state index contributed by atoms with van der Waals surface area (Å²) in [6.45, 7) is 2.18. The minimum Gasteiger partial charge on any atom is -0.476 e. The van der Waals surface area contributed by atoms with E-state index >= 15 is 0 Å². The molecule has 1 N–H and O–H groups in total. The van der Waals surface area contributed by atoms with Crippen LogP contribution in [0.25, 0.3) is 0 Å². The first-order chi connectivity index (χ1) is 12.5. The number of carbonyl (C=O) groups is 1. The van der Waals surface area contributed by atoms with Gasteiger partial charge in [-0.15, -0.1) is 0 Å². The second-order valence-electron chi connectivity index (χ2n) is 6.57. The van der Waals surface area contributed by atoms with Crippen molar-refractivity contribution in [2.24, 2.45) is 0 Å². The Balaban J connectivity index is 1.60. The molecule has 1 unspecified atom stereocenters. The Bertz CT molecular complexity index is 732. The summed E-state index contributed by atoms with van der Waals surface area (Å²) in [5, 5.41) is 3.61. The highest BCUT2D eigenvalue weighted by atomic mass is 32.2. The lowest BCUT2D eigenvalue weighted by Crippen LogP contribution is -2.51. The van der Waals surface area contributed by atoms with Crippen molar-refractivity contribution in [3.8, 4) is 5.75 Å². The summed E-state index contributed by atoms with van der Waals surface area (Å²) < 4.78 is 31.9. The van der Waals surface area contributed by atoms with Gasteiger partial charge in [0.15, 0.2) is 6.10 Å².